The van der Waals surface area contributed by atoms with Crippen LogP contribution in [-0.2, 0) is 27.3 Å². The minimum atomic E-state index is 0. The zero-order valence-corrected chi connectivity index (χ0v) is 7.62. The van der Waals surface area contributed by atoms with Crippen molar-refractivity contribution >= 4 is 17.3 Å². The van der Waals surface area contributed by atoms with E-state index in [1.54, 1.807) is 0 Å². The Balaban J connectivity index is 0. The molecule has 0 amide bonds. The standard InChI is InChI=1S/CH4N2S.Cd/c2-1(3)4;/h(H4,2,3,4);. The van der Waals surface area contributed by atoms with Gasteiger partial charge in [-0.3, -0.25) is 0 Å². The third kappa shape index (κ3) is 84.0. The van der Waals surface area contributed by atoms with Gasteiger partial charge in [0.2, 0.25) is 0 Å². The fourth-order valence-electron chi connectivity index (χ4n) is 0. The summed E-state index contributed by atoms with van der Waals surface area (Å²) in [7, 11) is 0. The van der Waals surface area contributed by atoms with Crippen molar-refractivity contribution in [3.05, 3.63) is 0 Å². The summed E-state index contributed by atoms with van der Waals surface area (Å²) in [5.74, 6) is 0. The molecule has 0 fully saturated rings. The van der Waals surface area contributed by atoms with E-state index in [-0.39, 0.29) is 32.4 Å². The monoisotopic (exact) mass is 190 g/mol. The fraction of sp³-hybridized carbons (Fsp3) is 0. The van der Waals surface area contributed by atoms with Crippen LogP contribution in [0.3, 0.4) is 0 Å². The molecule has 0 rings (SSSR count). The van der Waals surface area contributed by atoms with Crippen LogP contribution in [0.5, 0.6) is 0 Å². The molecule has 0 saturated carbocycles. The van der Waals surface area contributed by atoms with E-state index < -0.39 is 0 Å². The van der Waals surface area contributed by atoms with E-state index in [1.165, 1.54) is 0 Å². The number of rotatable bonds is 0. The van der Waals surface area contributed by atoms with Gasteiger partial charge in [0.05, 0.1) is 0 Å². The zero-order chi connectivity index (χ0) is 3.58. The van der Waals surface area contributed by atoms with Crippen molar-refractivity contribution in [2.75, 3.05) is 0 Å². The summed E-state index contributed by atoms with van der Waals surface area (Å²) in [5, 5.41) is 0.000000000000000222. The van der Waals surface area contributed by atoms with Crippen molar-refractivity contribution in [1.82, 2.24) is 0 Å². The van der Waals surface area contributed by atoms with E-state index >= 15 is 0 Å². The van der Waals surface area contributed by atoms with E-state index in [4.69, 9.17) is 0 Å². The zero-order valence-electron chi connectivity index (χ0n) is 2.77. The molecule has 0 heterocycles. The molecule has 0 aromatic rings. The van der Waals surface area contributed by atoms with Crippen LogP contribution in [0.15, 0.2) is 0 Å². The van der Waals surface area contributed by atoms with E-state index in [9.17, 15) is 0 Å². The van der Waals surface area contributed by atoms with E-state index in [0.29, 0.717) is 0 Å². The molecule has 0 bridgehead atoms. The third-order valence-electron chi connectivity index (χ3n) is 0. The van der Waals surface area contributed by atoms with Crippen molar-refractivity contribution in [1.29, 1.82) is 0 Å². The van der Waals surface area contributed by atoms with Gasteiger partial charge in [-0.15, -0.1) is 0 Å². The van der Waals surface area contributed by atoms with Crippen LogP contribution in [0.1, 0.15) is 0 Å². The molecule has 26 valence electrons. The quantitative estimate of drug-likeness (QED) is 0.386. The third-order valence-corrected chi connectivity index (χ3v) is 0. The Kier molecular flexibility index (Phi) is 8.44. The van der Waals surface area contributed by atoms with Gasteiger partial charge in [-0.25, -0.2) is 0 Å². The maximum atomic E-state index is 4.62. The Morgan fingerprint density at radius 2 is 1.40 bits per heavy atom. The summed E-state index contributed by atoms with van der Waals surface area (Å²) in [6.45, 7) is 0. The maximum absolute atomic E-state index is 4.62. The summed E-state index contributed by atoms with van der Waals surface area (Å²) < 4.78 is 0. The smallest absolute Gasteiger partial charge is 0.160 e. The van der Waals surface area contributed by atoms with E-state index in [2.05, 4.69) is 23.7 Å². The van der Waals surface area contributed by atoms with Crippen molar-refractivity contribution in [2.45, 2.75) is 0 Å². The van der Waals surface area contributed by atoms with Crippen molar-refractivity contribution < 1.29 is 27.3 Å². The molecule has 0 atom stereocenters. The second-order valence-corrected chi connectivity index (χ2v) is 0.874. The second kappa shape index (κ2) is 4.61. The first kappa shape index (κ1) is 9.15. The fourth-order valence-corrected chi connectivity index (χ4v) is 0. The molecular weight excluding hydrogens is 185 g/mol. The average Bonchev–Trinajstić information content (AvgIpc) is 0.811. The maximum Gasteiger partial charge on any atom is 0.160 e. The first-order valence-electron chi connectivity index (χ1n) is 0.781. The van der Waals surface area contributed by atoms with Gasteiger partial charge >= 0.3 is 0 Å². The topological polar surface area (TPSA) is 52.0 Å². The number of hydrogen-bond acceptors (Lipinski definition) is 1. The van der Waals surface area contributed by atoms with Gasteiger partial charge in [-0.05, 0) is 12.2 Å². The molecule has 0 aliphatic rings. The van der Waals surface area contributed by atoms with Gasteiger partial charge in [0, 0.05) is 27.3 Å². The number of hydrogen-bond donors (Lipinski definition) is 2. The predicted molar refractivity (Wildman–Crippen MR) is 21.0 cm³/mol. The summed E-state index contributed by atoms with van der Waals surface area (Å²) >= 11 is 4.09. The Hall–Kier alpha value is 0.612. The van der Waals surface area contributed by atoms with Crippen LogP contribution in [0, 0.1) is 0 Å². The molecule has 0 aliphatic carbocycles. The molecule has 0 aromatic heterocycles. The molecule has 0 aromatic carbocycles. The normalized spacial score (nSPS) is 4.80. The van der Waals surface area contributed by atoms with Crippen LogP contribution >= 0.6 is 12.2 Å². The van der Waals surface area contributed by atoms with Gasteiger partial charge in [0.15, 0.2) is 5.11 Å². The van der Waals surface area contributed by atoms with Gasteiger partial charge in [0.25, 0.3) is 0 Å². The number of thiocarbonyl (C=S) groups is 1. The molecule has 0 saturated heterocycles. The molecule has 0 aliphatic heterocycles. The van der Waals surface area contributed by atoms with Crippen molar-refractivity contribution in [3.63, 3.8) is 0 Å². The average molecular weight is 189 g/mol. The second-order valence-electron chi connectivity index (χ2n) is 0.402. The van der Waals surface area contributed by atoms with Crippen molar-refractivity contribution in [2.24, 2.45) is 11.5 Å². The molecule has 2 nitrogen and oxygen atoms in total. The van der Waals surface area contributed by atoms with E-state index in [0.717, 1.165) is 0 Å². The van der Waals surface area contributed by atoms with Gasteiger partial charge < -0.3 is 11.5 Å². The Labute approximate surface area is 56.1 Å². The Morgan fingerprint density at radius 3 is 1.40 bits per heavy atom. The largest absolute Gasteiger partial charge is 0.377 e. The molecule has 5 heavy (non-hydrogen) atoms. The Bertz CT molecular complexity index is 32.6. The Morgan fingerprint density at radius 1 is 1.40 bits per heavy atom. The summed E-state index contributed by atoms with van der Waals surface area (Å²) in [4.78, 5) is 0. The van der Waals surface area contributed by atoms with Gasteiger partial charge in [-0.1, -0.05) is 0 Å². The number of nitrogens with two attached hydrogens (primary N) is 2. The minimum Gasteiger partial charge on any atom is -0.377 e. The summed E-state index contributed by atoms with van der Waals surface area (Å²) in [6, 6.07) is 0. The molecule has 4 N–H and O–H groups in total. The van der Waals surface area contributed by atoms with Gasteiger partial charge in [-0.2, -0.15) is 0 Å². The van der Waals surface area contributed by atoms with Crippen LogP contribution in [0.4, 0.5) is 0 Å². The summed E-state index contributed by atoms with van der Waals surface area (Å²) in [5.41, 5.74) is 9.24. The molecule has 0 radical (unpaired) electrons. The van der Waals surface area contributed by atoms with Crippen LogP contribution < -0.4 is 11.5 Å². The summed E-state index contributed by atoms with van der Waals surface area (Å²) in [6.07, 6.45) is 0. The van der Waals surface area contributed by atoms with Crippen LogP contribution in [0.25, 0.3) is 0 Å². The predicted octanol–water partition coefficient (Wildman–Crippen LogP) is -0.814. The minimum absolute atomic E-state index is 0. The van der Waals surface area contributed by atoms with Crippen LogP contribution in [0.2, 0.25) is 0 Å². The van der Waals surface area contributed by atoms with Crippen molar-refractivity contribution in [3.8, 4) is 0 Å². The first-order chi connectivity index (χ1) is 1.73. The van der Waals surface area contributed by atoms with E-state index in [1.807, 2.05) is 0 Å². The molecule has 0 spiro atoms. The SMILES string of the molecule is NC(N)=S.[Cd]. The first-order valence-corrected chi connectivity index (χ1v) is 1.19. The molecule has 0 unspecified atom stereocenters. The molecular formula is CH4CdN2S. The molecule has 4 heteroatoms. The van der Waals surface area contributed by atoms with Gasteiger partial charge in [0.1, 0.15) is 0 Å². The van der Waals surface area contributed by atoms with Crippen LogP contribution in [-0.4, -0.2) is 5.11 Å².